The summed E-state index contributed by atoms with van der Waals surface area (Å²) >= 11 is 0. The molecule has 0 aromatic carbocycles. The van der Waals surface area contributed by atoms with Gasteiger partial charge in [0.15, 0.2) is 0 Å². The van der Waals surface area contributed by atoms with Gasteiger partial charge in [-0.15, -0.1) is 0 Å². The van der Waals surface area contributed by atoms with Crippen molar-refractivity contribution in [2.24, 2.45) is 11.3 Å². The number of hydrogen-bond donors (Lipinski definition) is 2. The van der Waals surface area contributed by atoms with Gasteiger partial charge < -0.3 is 15.0 Å². The van der Waals surface area contributed by atoms with Crippen LogP contribution >= 0.6 is 0 Å². The number of likely N-dealkylation sites (tertiary alicyclic amines) is 2. The van der Waals surface area contributed by atoms with Gasteiger partial charge in [0.05, 0.1) is 12.0 Å². The van der Waals surface area contributed by atoms with Crippen molar-refractivity contribution < 1.29 is 9.90 Å². The SMILES string of the molecule is Cc1ccn(CC(=O)N2CCC3(CCN(Cc4cnc[nH]4)CC3)C(CO)C2)n1. The number of H-pyrrole nitrogens is 1. The predicted octanol–water partition coefficient (Wildman–Crippen LogP) is 1.04. The summed E-state index contributed by atoms with van der Waals surface area (Å²) < 4.78 is 1.70. The highest BCUT2D eigenvalue weighted by molar-refractivity contribution is 5.76. The van der Waals surface area contributed by atoms with E-state index in [9.17, 15) is 9.90 Å². The molecular formula is C20H30N6O2. The van der Waals surface area contributed by atoms with Gasteiger partial charge in [-0.2, -0.15) is 5.10 Å². The van der Waals surface area contributed by atoms with Crippen LogP contribution in [0.3, 0.4) is 0 Å². The van der Waals surface area contributed by atoms with E-state index in [-0.39, 0.29) is 30.4 Å². The van der Waals surface area contributed by atoms with Crippen LogP contribution in [0.2, 0.25) is 0 Å². The molecule has 1 amide bonds. The third-order valence-corrected chi connectivity index (χ3v) is 6.63. The standard InChI is InChI=1S/C20H30N6O2/c1-16-2-6-26(23-16)13-19(28)25-9-5-20(17(11-25)14-27)3-7-24(8-4-20)12-18-10-21-15-22-18/h2,6,10,15,17,27H,3-5,7-9,11-14H2,1H3,(H,21,22). The second kappa shape index (κ2) is 8.05. The van der Waals surface area contributed by atoms with E-state index in [1.807, 2.05) is 30.3 Å². The molecule has 0 radical (unpaired) electrons. The summed E-state index contributed by atoms with van der Waals surface area (Å²) in [6.07, 6.45) is 8.57. The zero-order valence-electron chi connectivity index (χ0n) is 16.5. The third kappa shape index (κ3) is 3.98. The van der Waals surface area contributed by atoms with E-state index in [0.717, 1.165) is 56.8 Å². The molecule has 0 aliphatic carbocycles. The number of nitrogens with zero attached hydrogens (tertiary/aromatic N) is 5. The van der Waals surface area contributed by atoms with Gasteiger partial charge >= 0.3 is 0 Å². The Labute approximate surface area is 165 Å². The number of aryl methyl sites for hydroxylation is 1. The quantitative estimate of drug-likeness (QED) is 0.801. The van der Waals surface area contributed by atoms with Gasteiger partial charge in [0.25, 0.3) is 0 Å². The van der Waals surface area contributed by atoms with Gasteiger partial charge in [-0.3, -0.25) is 14.4 Å². The Bertz CT molecular complexity index is 778. The third-order valence-electron chi connectivity index (χ3n) is 6.63. The summed E-state index contributed by atoms with van der Waals surface area (Å²) in [5.74, 6) is 0.243. The number of amides is 1. The fourth-order valence-electron chi connectivity index (χ4n) is 4.81. The number of nitrogens with one attached hydrogen (secondary N) is 1. The van der Waals surface area contributed by atoms with Crippen LogP contribution in [0.25, 0.3) is 0 Å². The highest BCUT2D eigenvalue weighted by Crippen LogP contribution is 2.45. The molecule has 4 rings (SSSR count). The Kier molecular flexibility index (Phi) is 5.50. The van der Waals surface area contributed by atoms with Crippen molar-refractivity contribution in [2.75, 3.05) is 32.8 Å². The van der Waals surface area contributed by atoms with Crippen molar-refractivity contribution in [1.29, 1.82) is 0 Å². The second-order valence-corrected chi connectivity index (χ2v) is 8.34. The van der Waals surface area contributed by atoms with Crippen LogP contribution in [0.15, 0.2) is 24.8 Å². The molecule has 28 heavy (non-hydrogen) atoms. The zero-order valence-corrected chi connectivity index (χ0v) is 16.5. The van der Waals surface area contributed by atoms with Gasteiger partial charge in [-0.1, -0.05) is 0 Å². The lowest BCUT2D eigenvalue weighted by atomic mass is 9.64. The topological polar surface area (TPSA) is 90.3 Å². The Morgan fingerprint density at radius 3 is 2.75 bits per heavy atom. The fraction of sp³-hybridized carbons (Fsp3) is 0.650. The first-order valence-corrected chi connectivity index (χ1v) is 10.2. The Balaban J connectivity index is 1.34. The first kappa shape index (κ1) is 19.1. The van der Waals surface area contributed by atoms with Crippen molar-refractivity contribution in [3.8, 4) is 0 Å². The van der Waals surface area contributed by atoms with E-state index in [0.29, 0.717) is 6.54 Å². The molecule has 4 heterocycles. The molecule has 1 spiro atoms. The summed E-state index contributed by atoms with van der Waals surface area (Å²) in [6.45, 7) is 6.71. The smallest absolute Gasteiger partial charge is 0.244 e. The zero-order chi connectivity index (χ0) is 19.6. The van der Waals surface area contributed by atoms with Crippen molar-refractivity contribution in [2.45, 2.75) is 39.3 Å². The summed E-state index contributed by atoms with van der Waals surface area (Å²) in [5, 5.41) is 14.4. The van der Waals surface area contributed by atoms with E-state index >= 15 is 0 Å². The van der Waals surface area contributed by atoms with Crippen LogP contribution in [0.5, 0.6) is 0 Å². The summed E-state index contributed by atoms with van der Waals surface area (Å²) in [6, 6.07) is 1.91. The number of carbonyl (C=O) groups excluding carboxylic acids is 1. The molecule has 2 fully saturated rings. The van der Waals surface area contributed by atoms with Gasteiger partial charge in [-0.05, 0) is 50.8 Å². The average Bonchev–Trinajstić information content (AvgIpc) is 3.35. The average molecular weight is 387 g/mol. The molecule has 2 saturated heterocycles. The Morgan fingerprint density at radius 2 is 2.11 bits per heavy atom. The number of aliphatic hydroxyl groups is 1. The van der Waals surface area contributed by atoms with Gasteiger partial charge in [0.1, 0.15) is 6.54 Å². The van der Waals surface area contributed by atoms with Crippen LogP contribution in [0.1, 0.15) is 30.7 Å². The molecule has 8 heteroatoms. The van der Waals surface area contributed by atoms with Gasteiger partial charge in [0, 0.05) is 50.2 Å². The fourth-order valence-corrected chi connectivity index (χ4v) is 4.81. The number of carbonyl (C=O) groups is 1. The lowest BCUT2D eigenvalue weighted by Crippen LogP contribution is -2.55. The molecule has 0 bridgehead atoms. The van der Waals surface area contributed by atoms with Crippen molar-refractivity contribution in [1.82, 2.24) is 29.5 Å². The molecule has 2 aliphatic heterocycles. The van der Waals surface area contributed by atoms with Crippen LogP contribution in [0.4, 0.5) is 0 Å². The van der Waals surface area contributed by atoms with Crippen molar-refractivity contribution in [3.05, 3.63) is 36.2 Å². The van der Waals surface area contributed by atoms with E-state index in [4.69, 9.17) is 0 Å². The van der Waals surface area contributed by atoms with Crippen molar-refractivity contribution in [3.63, 3.8) is 0 Å². The summed E-state index contributed by atoms with van der Waals surface area (Å²) in [4.78, 5) is 24.3. The predicted molar refractivity (Wildman–Crippen MR) is 104 cm³/mol. The first-order chi connectivity index (χ1) is 13.6. The molecule has 2 aliphatic rings. The molecule has 2 N–H and O–H groups in total. The van der Waals surface area contributed by atoms with E-state index < -0.39 is 0 Å². The van der Waals surface area contributed by atoms with Gasteiger partial charge in [-0.25, -0.2) is 4.98 Å². The van der Waals surface area contributed by atoms with E-state index in [1.165, 1.54) is 0 Å². The number of aromatic amines is 1. The summed E-state index contributed by atoms with van der Waals surface area (Å²) in [7, 11) is 0. The number of aromatic nitrogens is 4. The Morgan fingerprint density at radius 1 is 1.32 bits per heavy atom. The number of rotatable bonds is 5. The minimum absolute atomic E-state index is 0.0908. The van der Waals surface area contributed by atoms with Gasteiger partial charge in [0.2, 0.25) is 5.91 Å². The molecule has 2 aromatic heterocycles. The van der Waals surface area contributed by atoms with E-state index in [1.54, 1.807) is 11.0 Å². The minimum Gasteiger partial charge on any atom is -0.396 e. The molecular weight excluding hydrogens is 356 g/mol. The maximum absolute atomic E-state index is 12.7. The monoisotopic (exact) mass is 386 g/mol. The highest BCUT2D eigenvalue weighted by atomic mass is 16.3. The molecule has 1 unspecified atom stereocenters. The molecule has 8 nitrogen and oxygen atoms in total. The molecule has 0 saturated carbocycles. The molecule has 152 valence electrons. The van der Waals surface area contributed by atoms with Crippen LogP contribution < -0.4 is 0 Å². The van der Waals surface area contributed by atoms with Crippen molar-refractivity contribution >= 4 is 5.91 Å². The number of piperidine rings is 2. The highest BCUT2D eigenvalue weighted by Gasteiger charge is 2.45. The van der Waals surface area contributed by atoms with Crippen LogP contribution in [-0.2, 0) is 17.9 Å². The second-order valence-electron chi connectivity index (χ2n) is 8.34. The maximum Gasteiger partial charge on any atom is 0.244 e. The summed E-state index contributed by atoms with van der Waals surface area (Å²) in [5.41, 5.74) is 2.21. The Hall–Kier alpha value is -2.19. The van der Waals surface area contributed by atoms with Crippen LogP contribution in [0, 0.1) is 18.3 Å². The first-order valence-electron chi connectivity index (χ1n) is 10.2. The molecule has 1 atom stereocenters. The normalized spacial score (nSPS) is 22.6. The minimum atomic E-state index is 0.0908. The lowest BCUT2D eigenvalue weighted by Gasteiger charge is -2.51. The number of imidazole rings is 1. The largest absolute Gasteiger partial charge is 0.396 e. The van der Waals surface area contributed by atoms with Crippen LogP contribution in [-0.4, -0.2) is 73.3 Å². The molecule has 2 aromatic rings. The van der Waals surface area contributed by atoms with E-state index in [2.05, 4.69) is 20.0 Å². The number of hydrogen-bond acceptors (Lipinski definition) is 5. The lowest BCUT2D eigenvalue weighted by molar-refractivity contribution is -0.138. The number of aliphatic hydroxyl groups excluding tert-OH is 1. The maximum atomic E-state index is 12.7.